The average molecular weight is 352 g/mol. The molecule has 9 heteroatoms. The molecule has 0 saturated carbocycles. The quantitative estimate of drug-likeness (QED) is 0.817. The highest BCUT2D eigenvalue weighted by atomic mass is 35.5. The standard InChI is InChI=1S/C11H5Cl3N2O3S/c12-4-1-6(14)7(2-5(4)13)15-9(17)10-16-8(3-20-10)11(18)19/h1-3H,(H,15,17)(H,18,19). The topological polar surface area (TPSA) is 79.3 Å². The van der Waals surface area contributed by atoms with Gasteiger partial charge in [-0.25, -0.2) is 9.78 Å². The Bertz CT molecular complexity index is 702. The van der Waals surface area contributed by atoms with Gasteiger partial charge in [0.15, 0.2) is 10.7 Å². The third kappa shape index (κ3) is 3.21. The molecule has 0 saturated heterocycles. The van der Waals surface area contributed by atoms with E-state index in [1.807, 2.05) is 0 Å². The van der Waals surface area contributed by atoms with E-state index in [-0.39, 0.29) is 31.5 Å². The summed E-state index contributed by atoms with van der Waals surface area (Å²) >= 11 is 18.4. The molecule has 0 spiro atoms. The number of halogens is 3. The van der Waals surface area contributed by atoms with Gasteiger partial charge in [0, 0.05) is 5.38 Å². The van der Waals surface area contributed by atoms with Crippen LogP contribution in [0.4, 0.5) is 5.69 Å². The van der Waals surface area contributed by atoms with Crippen molar-refractivity contribution in [1.82, 2.24) is 4.98 Å². The molecule has 0 bridgehead atoms. The van der Waals surface area contributed by atoms with Crippen LogP contribution in [-0.2, 0) is 0 Å². The van der Waals surface area contributed by atoms with Crippen molar-refractivity contribution < 1.29 is 14.7 Å². The number of nitrogens with one attached hydrogen (secondary N) is 1. The summed E-state index contributed by atoms with van der Waals surface area (Å²) in [5.41, 5.74) is 0.0681. The summed E-state index contributed by atoms with van der Waals surface area (Å²) in [6.07, 6.45) is 0. The summed E-state index contributed by atoms with van der Waals surface area (Å²) in [6.45, 7) is 0. The van der Waals surface area contributed by atoms with Crippen LogP contribution in [0, 0.1) is 0 Å². The van der Waals surface area contributed by atoms with E-state index < -0.39 is 11.9 Å². The summed E-state index contributed by atoms with van der Waals surface area (Å²) in [7, 11) is 0. The first-order valence-electron chi connectivity index (χ1n) is 5.03. The summed E-state index contributed by atoms with van der Waals surface area (Å²) < 4.78 is 0. The molecule has 0 aliphatic heterocycles. The summed E-state index contributed by atoms with van der Waals surface area (Å²) in [5.74, 6) is -1.78. The van der Waals surface area contributed by atoms with Crippen molar-refractivity contribution in [3.05, 3.63) is 43.3 Å². The first-order valence-corrected chi connectivity index (χ1v) is 7.04. The van der Waals surface area contributed by atoms with Crippen molar-refractivity contribution in [2.45, 2.75) is 0 Å². The van der Waals surface area contributed by atoms with Crippen molar-refractivity contribution in [2.75, 3.05) is 5.32 Å². The summed E-state index contributed by atoms with van der Waals surface area (Å²) in [4.78, 5) is 26.3. The monoisotopic (exact) mass is 350 g/mol. The lowest BCUT2D eigenvalue weighted by Crippen LogP contribution is -2.12. The lowest BCUT2D eigenvalue weighted by molar-refractivity contribution is 0.0691. The maximum Gasteiger partial charge on any atom is 0.355 e. The Hall–Kier alpha value is -1.34. The number of hydrogen-bond donors (Lipinski definition) is 2. The van der Waals surface area contributed by atoms with Crippen LogP contribution in [0.25, 0.3) is 0 Å². The number of aromatic nitrogens is 1. The minimum Gasteiger partial charge on any atom is -0.476 e. The number of carboxylic acids is 1. The second kappa shape index (κ2) is 5.97. The highest BCUT2D eigenvalue weighted by molar-refractivity contribution is 7.12. The number of carbonyl (C=O) groups is 2. The van der Waals surface area contributed by atoms with Crippen LogP contribution in [-0.4, -0.2) is 22.0 Å². The predicted octanol–water partition coefficient (Wildman–Crippen LogP) is 4.05. The third-order valence-corrected chi connectivity index (χ3v) is 4.05. The van der Waals surface area contributed by atoms with Crippen LogP contribution >= 0.6 is 46.1 Å². The smallest absolute Gasteiger partial charge is 0.355 e. The number of amides is 1. The fourth-order valence-electron chi connectivity index (χ4n) is 1.27. The second-order valence-electron chi connectivity index (χ2n) is 3.54. The van der Waals surface area contributed by atoms with E-state index in [9.17, 15) is 9.59 Å². The van der Waals surface area contributed by atoms with Crippen molar-refractivity contribution in [3.63, 3.8) is 0 Å². The van der Waals surface area contributed by atoms with Gasteiger partial charge in [0.25, 0.3) is 5.91 Å². The van der Waals surface area contributed by atoms with Crippen molar-refractivity contribution in [2.24, 2.45) is 0 Å². The number of aromatic carboxylic acids is 1. The van der Waals surface area contributed by atoms with Crippen LogP contribution in [0.5, 0.6) is 0 Å². The lowest BCUT2D eigenvalue weighted by Gasteiger charge is -2.07. The first kappa shape index (κ1) is 15.1. The van der Waals surface area contributed by atoms with Gasteiger partial charge in [-0.3, -0.25) is 4.79 Å². The molecular formula is C11H5Cl3N2O3S. The minimum atomic E-state index is -1.20. The van der Waals surface area contributed by atoms with Gasteiger partial charge in [-0.15, -0.1) is 11.3 Å². The van der Waals surface area contributed by atoms with Crippen molar-refractivity contribution >= 4 is 63.7 Å². The number of rotatable bonds is 3. The maximum absolute atomic E-state index is 11.9. The molecule has 2 rings (SSSR count). The highest BCUT2D eigenvalue weighted by Crippen LogP contribution is 2.32. The Morgan fingerprint density at radius 2 is 1.80 bits per heavy atom. The van der Waals surface area contributed by atoms with Gasteiger partial charge in [-0.1, -0.05) is 34.8 Å². The second-order valence-corrected chi connectivity index (χ2v) is 5.62. The molecule has 20 heavy (non-hydrogen) atoms. The number of benzene rings is 1. The first-order chi connectivity index (χ1) is 9.38. The zero-order chi connectivity index (χ0) is 14.9. The fraction of sp³-hybridized carbons (Fsp3) is 0. The van der Waals surface area contributed by atoms with Crippen molar-refractivity contribution in [3.8, 4) is 0 Å². The third-order valence-electron chi connectivity index (χ3n) is 2.18. The molecule has 2 N–H and O–H groups in total. The molecule has 0 aliphatic rings. The van der Waals surface area contributed by atoms with E-state index in [0.717, 1.165) is 11.3 Å². The van der Waals surface area contributed by atoms with Crippen LogP contribution in [0.1, 0.15) is 20.3 Å². The normalized spacial score (nSPS) is 10.3. The molecule has 1 heterocycles. The van der Waals surface area contributed by atoms with Crippen LogP contribution in [0.15, 0.2) is 17.5 Å². The van der Waals surface area contributed by atoms with Crippen LogP contribution < -0.4 is 5.32 Å². The number of hydrogen-bond acceptors (Lipinski definition) is 4. The van der Waals surface area contributed by atoms with E-state index in [1.165, 1.54) is 17.5 Å². The number of anilines is 1. The molecule has 104 valence electrons. The molecule has 0 aliphatic carbocycles. The Labute approximate surface area is 132 Å². The Morgan fingerprint density at radius 3 is 2.40 bits per heavy atom. The summed E-state index contributed by atoms with van der Waals surface area (Å²) in [6, 6.07) is 2.79. The van der Waals surface area contributed by atoms with Gasteiger partial charge < -0.3 is 10.4 Å². The molecule has 1 amide bonds. The van der Waals surface area contributed by atoms with E-state index in [1.54, 1.807) is 0 Å². The maximum atomic E-state index is 11.9. The number of carboxylic acid groups (broad SMARTS) is 1. The number of carbonyl (C=O) groups excluding carboxylic acids is 1. The molecule has 0 radical (unpaired) electrons. The van der Waals surface area contributed by atoms with Gasteiger partial charge in [-0.2, -0.15) is 0 Å². The molecule has 5 nitrogen and oxygen atoms in total. The molecular weight excluding hydrogens is 347 g/mol. The van der Waals surface area contributed by atoms with Crippen LogP contribution in [0.2, 0.25) is 15.1 Å². The van der Waals surface area contributed by atoms with E-state index in [4.69, 9.17) is 39.9 Å². The van der Waals surface area contributed by atoms with Crippen LogP contribution in [0.3, 0.4) is 0 Å². The van der Waals surface area contributed by atoms with Gasteiger partial charge in [0.05, 0.1) is 20.8 Å². The Morgan fingerprint density at radius 1 is 1.15 bits per heavy atom. The van der Waals surface area contributed by atoms with Gasteiger partial charge in [0.1, 0.15) is 0 Å². The zero-order valence-electron chi connectivity index (χ0n) is 9.49. The van der Waals surface area contributed by atoms with E-state index in [0.29, 0.717) is 0 Å². The molecule has 0 fully saturated rings. The van der Waals surface area contributed by atoms with E-state index in [2.05, 4.69) is 10.3 Å². The Balaban J connectivity index is 2.23. The summed E-state index contributed by atoms with van der Waals surface area (Å²) in [5, 5.41) is 13.2. The zero-order valence-corrected chi connectivity index (χ0v) is 12.6. The average Bonchev–Trinajstić information content (AvgIpc) is 2.85. The lowest BCUT2D eigenvalue weighted by atomic mass is 10.3. The minimum absolute atomic E-state index is 0.00420. The molecule has 1 aromatic carbocycles. The van der Waals surface area contributed by atoms with E-state index >= 15 is 0 Å². The SMILES string of the molecule is O=C(O)c1csc(C(=O)Nc2cc(Cl)c(Cl)cc2Cl)n1. The molecule has 0 atom stereocenters. The number of thiazole rings is 1. The largest absolute Gasteiger partial charge is 0.476 e. The highest BCUT2D eigenvalue weighted by Gasteiger charge is 2.16. The van der Waals surface area contributed by atoms with Gasteiger partial charge >= 0.3 is 5.97 Å². The number of nitrogens with zero attached hydrogens (tertiary/aromatic N) is 1. The molecule has 1 aromatic heterocycles. The predicted molar refractivity (Wildman–Crippen MR) is 78.5 cm³/mol. The van der Waals surface area contributed by atoms with Gasteiger partial charge in [0.2, 0.25) is 0 Å². The fourth-order valence-corrected chi connectivity index (χ4v) is 2.55. The molecule has 0 unspecified atom stereocenters. The van der Waals surface area contributed by atoms with Crippen molar-refractivity contribution in [1.29, 1.82) is 0 Å². The Kier molecular flexibility index (Phi) is 4.49. The van der Waals surface area contributed by atoms with Gasteiger partial charge in [-0.05, 0) is 12.1 Å². The molecule has 2 aromatic rings.